The smallest absolute Gasteiger partial charge is 0.277 e. The molecule has 7 nitrogen and oxygen atoms in total. The predicted molar refractivity (Wildman–Crippen MR) is 93.4 cm³/mol. The van der Waals surface area contributed by atoms with Gasteiger partial charge < -0.3 is 10.3 Å². The highest BCUT2D eigenvalue weighted by Crippen LogP contribution is 2.16. The Morgan fingerprint density at radius 3 is 2.69 bits per heavy atom. The minimum Gasteiger partial charge on any atom is -0.344 e. The van der Waals surface area contributed by atoms with Crippen LogP contribution in [0, 0.1) is 5.82 Å². The average molecular weight is 351 g/mol. The molecule has 4 rings (SSSR count). The first-order valence-corrected chi connectivity index (χ1v) is 7.97. The van der Waals surface area contributed by atoms with Crippen molar-refractivity contribution in [2.24, 2.45) is 0 Å². The third kappa shape index (κ3) is 2.61. The lowest BCUT2D eigenvalue weighted by molar-refractivity contribution is 0.0936. The first-order valence-electron chi connectivity index (χ1n) is 7.97. The highest BCUT2D eigenvalue weighted by atomic mass is 19.1. The number of H-pyrrole nitrogens is 1. The molecule has 1 amide bonds. The summed E-state index contributed by atoms with van der Waals surface area (Å²) in [7, 11) is 0. The van der Waals surface area contributed by atoms with Crippen molar-refractivity contribution in [3.05, 3.63) is 76.0 Å². The maximum absolute atomic E-state index is 13.0. The van der Waals surface area contributed by atoms with Gasteiger partial charge in [0.25, 0.3) is 11.5 Å². The molecule has 0 saturated carbocycles. The summed E-state index contributed by atoms with van der Waals surface area (Å²) in [4.78, 5) is 27.7. The van der Waals surface area contributed by atoms with Crippen molar-refractivity contribution < 1.29 is 9.18 Å². The van der Waals surface area contributed by atoms with E-state index in [0.29, 0.717) is 11.0 Å². The van der Waals surface area contributed by atoms with Crippen molar-refractivity contribution in [2.75, 3.05) is 0 Å². The van der Waals surface area contributed by atoms with Gasteiger partial charge >= 0.3 is 0 Å². The summed E-state index contributed by atoms with van der Waals surface area (Å²) in [6.07, 6.45) is 0. The number of nitrogens with zero attached hydrogens (tertiary/aromatic N) is 3. The number of rotatable bonds is 3. The van der Waals surface area contributed by atoms with E-state index < -0.39 is 11.5 Å². The van der Waals surface area contributed by atoms with Gasteiger partial charge in [-0.3, -0.25) is 9.59 Å². The molecular weight excluding hydrogens is 337 g/mol. The van der Waals surface area contributed by atoms with Crippen LogP contribution in [0.3, 0.4) is 0 Å². The molecule has 2 aromatic heterocycles. The molecule has 130 valence electrons. The van der Waals surface area contributed by atoms with Crippen LogP contribution in [0.25, 0.3) is 16.6 Å². The molecule has 4 aromatic rings. The number of nitrogens with one attached hydrogen (secondary N) is 2. The van der Waals surface area contributed by atoms with Gasteiger partial charge in [-0.25, -0.2) is 8.91 Å². The van der Waals surface area contributed by atoms with E-state index >= 15 is 0 Å². The molecule has 0 bridgehead atoms. The zero-order valence-corrected chi connectivity index (χ0v) is 13.7. The second-order valence-electron chi connectivity index (χ2n) is 5.92. The van der Waals surface area contributed by atoms with E-state index in [-0.39, 0.29) is 23.1 Å². The minimum atomic E-state index is -0.530. The largest absolute Gasteiger partial charge is 0.344 e. The number of para-hydroxylation sites is 2. The molecule has 26 heavy (non-hydrogen) atoms. The molecule has 2 aromatic carbocycles. The Kier molecular flexibility index (Phi) is 3.72. The van der Waals surface area contributed by atoms with Crippen molar-refractivity contribution in [3.8, 4) is 0 Å². The number of benzene rings is 2. The summed E-state index contributed by atoms with van der Waals surface area (Å²) in [6.45, 7) is 1.76. The Bertz CT molecular complexity index is 1180. The molecule has 1 atom stereocenters. The summed E-state index contributed by atoms with van der Waals surface area (Å²) in [5.41, 5.74) is 1.53. The Hall–Kier alpha value is -3.55. The predicted octanol–water partition coefficient (Wildman–Crippen LogP) is 2.20. The Morgan fingerprint density at radius 2 is 1.92 bits per heavy atom. The maximum atomic E-state index is 13.0. The first-order chi connectivity index (χ1) is 12.5. The fourth-order valence-electron chi connectivity index (χ4n) is 2.85. The number of hydrogen-bond acceptors (Lipinski definition) is 4. The standard InChI is InChI=1S/C18H14FN5O2/c1-10(11-6-8-12(19)9-7-11)20-17(25)15-16-18(26)21-13-4-2-3-5-14(13)24(16)23-22-15/h2-10H,1H3,(H,20,25)(H,21,26)/t10-/m0/s1. The van der Waals surface area contributed by atoms with Crippen LogP contribution in [-0.2, 0) is 0 Å². The van der Waals surface area contributed by atoms with Gasteiger partial charge in [0.15, 0.2) is 11.2 Å². The molecule has 0 unspecified atom stereocenters. The van der Waals surface area contributed by atoms with Crippen LogP contribution in [0.4, 0.5) is 4.39 Å². The van der Waals surface area contributed by atoms with Crippen molar-refractivity contribution in [2.45, 2.75) is 13.0 Å². The number of aromatic amines is 1. The van der Waals surface area contributed by atoms with Crippen molar-refractivity contribution in [1.29, 1.82) is 0 Å². The third-order valence-corrected chi connectivity index (χ3v) is 4.20. The van der Waals surface area contributed by atoms with Gasteiger partial charge in [0.2, 0.25) is 0 Å². The molecular formula is C18H14FN5O2. The molecule has 0 aliphatic rings. The molecule has 0 aliphatic carbocycles. The van der Waals surface area contributed by atoms with E-state index in [1.165, 1.54) is 16.6 Å². The lowest BCUT2D eigenvalue weighted by atomic mass is 10.1. The van der Waals surface area contributed by atoms with Crippen LogP contribution in [0.2, 0.25) is 0 Å². The Labute approximate surface area is 146 Å². The average Bonchev–Trinajstić information content (AvgIpc) is 3.08. The second-order valence-corrected chi connectivity index (χ2v) is 5.92. The number of amides is 1. The maximum Gasteiger partial charge on any atom is 0.277 e. The monoisotopic (exact) mass is 351 g/mol. The topological polar surface area (TPSA) is 92.2 Å². The van der Waals surface area contributed by atoms with E-state index in [9.17, 15) is 14.0 Å². The van der Waals surface area contributed by atoms with E-state index in [2.05, 4.69) is 20.6 Å². The molecule has 2 heterocycles. The lowest BCUT2D eigenvalue weighted by Crippen LogP contribution is -2.28. The summed E-state index contributed by atoms with van der Waals surface area (Å²) in [5, 5.41) is 10.6. The van der Waals surface area contributed by atoms with E-state index in [0.717, 1.165) is 5.56 Å². The second kappa shape index (κ2) is 6.07. The van der Waals surface area contributed by atoms with Crippen molar-refractivity contribution >= 4 is 22.5 Å². The van der Waals surface area contributed by atoms with Crippen LogP contribution < -0.4 is 10.9 Å². The van der Waals surface area contributed by atoms with Gasteiger partial charge in [-0.05, 0) is 36.8 Å². The zero-order valence-electron chi connectivity index (χ0n) is 13.7. The fourth-order valence-corrected chi connectivity index (χ4v) is 2.85. The molecule has 0 aliphatic heterocycles. The lowest BCUT2D eigenvalue weighted by Gasteiger charge is -2.13. The molecule has 0 spiro atoms. The highest BCUT2D eigenvalue weighted by molar-refractivity contribution is 5.99. The van der Waals surface area contributed by atoms with Gasteiger partial charge in [0, 0.05) is 0 Å². The van der Waals surface area contributed by atoms with Crippen LogP contribution >= 0.6 is 0 Å². The van der Waals surface area contributed by atoms with Crippen molar-refractivity contribution in [3.63, 3.8) is 0 Å². The number of carbonyl (C=O) groups is 1. The SMILES string of the molecule is C[C@H](NC(=O)c1nnn2c1c(=O)[nH]c1ccccc12)c1ccc(F)cc1. The van der Waals surface area contributed by atoms with Gasteiger partial charge in [-0.2, -0.15) is 0 Å². The van der Waals surface area contributed by atoms with E-state index in [1.54, 1.807) is 43.3 Å². The molecule has 0 saturated heterocycles. The van der Waals surface area contributed by atoms with Gasteiger partial charge in [0.1, 0.15) is 5.82 Å². The first kappa shape index (κ1) is 15.9. The van der Waals surface area contributed by atoms with Gasteiger partial charge in [0.05, 0.1) is 17.1 Å². The summed E-state index contributed by atoms with van der Waals surface area (Å²) in [6, 6.07) is 12.5. The molecule has 8 heteroatoms. The van der Waals surface area contributed by atoms with Crippen LogP contribution in [0.15, 0.2) is 53.3 Å². The quantitative estimate of drug-likeness (QED) is 0.592. The normalized spacial score (nSPS) is 12.4. The van der Waals surface area contributed by atoms with Crippen LogP contribution in [0.1, 0.15) is 29.0 Å². The van der Waals surface area contributed by atoms with E-state index in [1.807, 2.05) is 0 Å². The minimum absolute atomic E-state index is 0.0639. The number of aromatic nitrogens is 4. The highest BCUT2D eigenvalue weighted by Gasteiger charge is 2.21. The number of halogens is 1. The summed E-state index contributed by atoms with van der Waals surface area (Å²) < 4.78 is 14.4. The summed E-state index contributed by atoms with van der Waals surface area (Å²) in [5.74, 6) is -0.882. The van der Waals surface area contributed by atoms with Gasteiger partial charge in [-0.1, -0.05) is 29.5 Å². The Balaban J connectivity index is 1.72. The Morgan fingerprint density at radius 1 is 1.19 bits per heavy atom. The number of carbonyl (C=O) groups excluding carboxylic acids is 1. The third-order valence-electron chi connectivity index (χ3n) is 4.20. The molecule has 0 radical (unpaired) electrons. The van der Waals surface area contributed by atoms with Crippen LogP contribution in [-0.4, -0.2) is 25.7 Å². The van der Waals surface area contributed by atoms with Crippen LogP contribution in [0.5, 0.6) is 0 Å². The van der Waals surface area contributed by atoms with E-state index in [4.69, 9.17) is 0 Å². The fraction of sp³-hybridized carbons (Fsp3) is 0.111. The zero-order chi connectivity index (χ0) is 18.3. The summed E-state index contributed by atoms with van der Waals surface area (Å²) >= 11 is 0. The number of fused-ring (bicyclic) bond motifs is 3. The number of hydrogen-bond donors (Lipinski definition) is 2. The van der Waals surface area contributed by atoms with Crippen molar-refractivity contribution in [1.82, 2.24) is 25.1 Å². The molecule has 0 fully saturated rings. The molecule has 2 N–H and O–H groups in total. The van der Waals surface area contributed by atoms with Gasteiger partial charge in [-0.15, -0.1) is 5.10 Å².